The summed E-state index contributed by atoms with van der Waals surface area (Å²) < 4.78 is 23.5. The van der Waals surface area contributed by atoms with Gasteiger partial charge in [-0.05, 0) is 12.0 Å². The Hall–Kier alpha value is -1.66. The molecule has 0 spiro atoms. The van der Waals surface area contributed by atoms with Crippen LogP contribution >= 0.6 is 0 Å². The van der Waals surface area contributed by atoms with Crippen molar-refractivity contribution < 1.29 is 8.42 Å². The van der Waals surface area contributed by atoms with E-state index in [0.29, 0.717) is 18.7 Å². The molecule has 1 atom stereocenters. The number of sulfone groups is 1. The van der Waals surface area contributed by atoms with Crippen LogP contribution in [0.3, 0.4) is 0 Å². The molecule has 0 unspecified atom stereocenters. The van der Waals surface area contributed by atoms with Crippen molar-refractivity contribution in [1.29, 1.82) is 0 Å². The lowest BCUT2D eigenvalue weighted by molar-refractivity contribution is 0.190. The number of H-pyrrole nitrogens is 1. The summed E-state index contributed by atoms with van der Waals surface area (Å²) in [6, 6.07) is 10.2. The Morgan fingerprint density at radius 1 is 1.24 bits per heavy atom. The molecule has 0 radical (unpaired) electrons. The molecule has 6 heteroatoms. The van der Waals surface area contributed by atoms with Gasteiger partial charge in [-0.15, -0.1) is 0 Å². The standard InChI is InChI=1S/C15H19N3O2S/c19-21(20)9-6-14(12-21)18(11-15-16-7-8-17-15)10-13-4-2-1-3-5-13/h1-5,7-8,14H,6,9-12H2,(H,16,17)/t14-/m1/s1. The summed E-state index contributed by atoms with van der Waals surface area (Å²) in [6.07, 6.45) is 4.22. The molecule has 2 heterocycles. The lowest BCUT2D eigenvalue weighted by Crippen LogP contribution is -2.35. The summed E-state index contributed by atoms with van der Waals surface area (Å²) in [7, 11) is -2.88. The van der Waals surface area contributed by atoms with Crippen LogP contribution in [-0.4, -0.2) is 40.8 Å². The van der Waals surface area contributed by atoms with E-state index in [2.05, 4.69) is 27.0 Å². The van der Waals surface area contributed by atoms with E-state index in [4.69, 9.17) is 0 Å². The van der Waals surface area contributed by atoms with Crippen molar-refractivity contribution in [2.75, 3.05) is 11.5 Å². The smallest absolute Gasteiger partial charge is 0.151 e. The average Bonchev–Trinajstić information content (AvgIpc) is 3.08. The molecule has 5 nitrogen and oxygen atoms in total. The summed E-state index contributed by atoms with van der Waals surface area (Å²) in [5.41, 5.74) is 1.19. The summed E-state index contributed by atoms with van der Waals surface area (Å²) in [5.74, 6) is 1.41. The van der Waals surface area contributed by atoms with Crippen molar-refractivity contribution in [3.63, 3.8) is 0 Å². The molecule has 21 heavy (non-hydrogen) atoms. The molecule has 0 saturated carbocycles. The molecule has 0 aliphatic carbocycles. The third kappa shape index (κ3) is 3.71. The third-order valence-electron chi connectivity index (χ3n) is 3.86. The molecule has 1 N–H and O–H groups in total. The second-order valence-electron chi connectivity index (χ2n) is 5.48. The van der Waals surface area contributed by atoms with Gasteiger partial charge in [0.05, 0.1) is 18.1 Å². The van der Waals surface area contributed by atoms with Crippen LogP contribution in [0.25, 0.3) is 0 Å². The SMILES string of the molecule is O=S1(=O)CC[C@@H](N(Cc2ccccc2)Cc2ncc[nH]2)C1. The fraction of sp³-hybridized carbons (Fsp3) is 0.400. The highest BCUT2D eigenvalue weighted by molar-refractivity contribution is 7.91. The zero-order valence-electron chi connectivity index (χ0n) is 11.8. The summed E-state index contributed by atoms with van der Waals surface area (Å²) in [4.78, 5) is 9.56. The zero-order valence-corrected chi connectivity index (χ0v) is 12.6. The Balaban J connectivity index is 1.77. The minimum absolute atomic E-state index is 0.0697. The van der Waals surface area contributed by atoms with Crippen molar-refractivity contribution in [2.24, 2.45) is 0 Å². The number of nitrogens with zero attached hydrogens (tertiary/aromatic N) is 2. The first kappa shape index (κ1) is 14.3. The minimum atomic E-state index is -2.88. The molecule has 2 aromatic rings. The first-order valence-electron chi connectivity index (χ1n) is 7.09. The van der Waals surface area contributed by atoms with Gasteiger partial charge in [0.15, 0.2) is 9.84 Å². The molecule has 1 fully saturated rings. The van der Waals surface area contributed by atoms with E-state index < -0.39 is 9.84 Å². The highest BCUT2D eigenvalue weighted by Gasteiger charge is 2.32. The maximum Gasteiger partial charge on any atom is 0.151 e. The average molecular weight is 305 g/mol. The molecule has 1 aliphatic heterocycles. The maximum absolute atomic E-state index is 11.8. The van der Waals surface area contributed by atoms with Gasteiger partial charge in [-0.3, -0.25) is 4.90 Å². The number of imidazole rings is 1. The van der Waals surface area contributed by atoms with Gasteiger partial charge in [0.25, 0.3) is 0 Å². The highest BCUT2D eigenvalue weighted by Crippen LogP contribution is 2.21. The molecule has 1 saturated heterocycles. The van der Waals surface area contributed by atoms with Crippen LogP contribution in [-0.2, 0) is 22.9 Å². The summed E-state index contributed by atoms with van der Waals surface area (Å²) in [5, 5.41) is 0. The minimum Gasteiger partial charge on any atom is -0.348 e. The van der Waals surface area contributed by atoms with Crippen molar-refractivity contribution in [3.8, 4) is 0 Å². The maximum atomic E-state index is 11.8. The number of rotatable bonds is 5. The zero-order chi connectivity index (χ0) is 14.7. The molecular weight excluding hydrogens is 286 g/mol. The molecule has 112 valence electrons. The van der Waals surface area contributed by atoms with Crippen LogP contribution in [0, 0.1) is 0 Å². The number of aromatic amines is 1. The van der Waals surface area contributed by atoms with Gasteiger partial charge in [0.1, 0.15) is 5.82 Å². The van der Waals surface area contributed by atoms with E-state index in [9.17, 15) is 8.42 Å². The molecule has 1 aliphatic rings. The quantitative estimate of drug-likeness (QED) is 0.911. The van der Waals surface area contributed by atoms with Gasteiger partial charge >= 0.3 is 0 Å². The molecule has 0 bridgehead atoms. The molecule has 0 amide bonds. The van der Waals surface area contributed by atoms with Crippen LogP contribution in [0.15, 0.2) is 42.7 Å². The van der Waals surface area contributed by atoms with Gasteiger partial charge in [-0.2, -0.15) is 0 Å². The Morgan fingerprint density at radius 3 is 2.67 bits per heavy atom. The largest absolute Gasteiger partial charge is 0.348 e. The van der Waals surface area contributed by atoms with Crippen molar-refractivity contribution in [1.82, 2.24) is 14.9 Å². The topological polar surface area (TPSA) is 66.1 Å². The molecule has 1 aromatic carbocycles. The van der Waals surface area contributed by atoms with Gasteiger partial charge in [-0.1, -0.05) is 30.3 Å². The van der Waals surface area contributed by atoms with Gasteiger partial charge < -0.3 is 4.98 Å². The first-order chi connectivity index (χ1) is 10.1. The Morgan fingerprint density at radius 2 is 2.05 bits per heavy atom. The first-order valence-corrected chi connectivity index (χ1v) is 8.91. The summed E-state index contributed by atoms with van der Waals surface area (Å²) in [6.45, 7) is 1.38. The lowest BCUT2D eigenvalue weighted by Gasteiger charge is -2.27. The predicted molar refractivity (Wildman–Crippen MR) is 81.3 cm³/mol. The second kappa shape index (κ2) is 5.99. The second-order valence-corrected chi connectivity index (χ2v) is 7.71. The predicted octanol–water partition coefficient (Wildman–Crippen LogP) is 1.60. The van der Waals surface area contributed by atoms with E-state index in [1.165, 1.54) is 5.56 Å². The number of aromatic nitrogens is 2. The number of benzene rings is 1. The third-order valence-corrected chi connectivity index (χ3v) is 5.61. The summed E-state index contributed by atoms with van der Waals surface area (Å²) >= 11 is 0. The van der Waals surface area contributed by atoms with Crippen LogP contribution in [0.5, 0.6) is 0 Å². The van der Waals surface area contributed by atoms with Crippen LogP contribution in [0.1, 0.15) is 17.8 Å². The van der Waals surface area contributed by atoms with Crippen LogP contribution < -0.4 is 0 Å². The van der Waals surface area contributed by atoms with E-state index in [-0.39, 0.29) is 11.8 Å². The Kier molecular flexibility index (Phi) is 4.07. The van der Waals surface area contributed by atoms with Crippen LogP contribution in [0.2, 0.25) is 0 Å². The van der Waals surface area contributed by atoms with Crippen molar-refractivity contribution >= 4 is 9.84 Å². The monoisotopic (exact) mass is 305 g/mol. The van der Waals surface area contributed by atoms with Crippen molar-refractivity contribution in [3.05, 3.63) is 54.1 Å². The molecular formula is C15H19N3O2S. The number of nitrogens with one attached hydrogen (secondary N) is 1. The van der Waals surface area contributed by atoms with E-state index in [0.717, 1.165) is 12.4 Å². The van der Waals surface area contributed by atoms with Crippen LogP contribution in [0.4, 0.5) is 0 Å². The fourth-order valence-corrected chi connectivity index (χ4v) is 4.53. The van der Waals surface area contributed by atoms with E-state index >= 15 is 0 Å². The van der Waals surface area contributed by atoms with Gasteiger partial charge in [0, 0.05) is 25.0 Å². The normalized spacial score (nSPS) is 20.9. The molecule has 3 rings (SSSR count). The number of hydrogen-bond acceptors (Lipinski definition) is 4. The van der Waals surface area contributed by atoms with Gasteiger partial charge in [0.2, 0.25) is 0 Å². The van der Waals surface area contributed by atoms with E-state index in [1.54, 1.807) is 12.4 Å². The molecule has 1 aromatic heterocycles. The fourth-order valence-electron chi connectivity index (χ4n) is 2.77. The van der Waals surface area contributed by atoms with Gasteiger partial charge in [-0.25, -0.2) is 13.4 Å². The number of hydrogen-bond donors (Lipinski definition) is 1. The van der Waals surface area contributed by atoms with E-state index in [1.807, 2.05) is 18.2 Å². The lowest BCUT2D eigenvalue weighted by atomic mass is 10.1. The Bertz CT molecular complexity index is 668. The Labute approximate surface area is 124 Å². The van der Waals surface area contributed by atoms with Crippen molar-refractivity contribution in [2.45, 2.75) is 25.6 Å². The highest BCUT2D eigenvalue weighted by atomic mass is 32.2.